The lowest BCUT2D eigenvalue weighted by Crippen LogP contribution is -2.56. The van der Waals surface area contributed by atoms with Gasteiger partial charge in [0.2, 0.25) is 11.2 Å². The molecule has 2 aromatic carbocycles. The SMILES string of the molecule is O=C1c2c(O)c(=O)ccn2N2CN1CC1C[C@H]1COc1c(ccc(F)c1F)[C@@H]2c1ccccc1. The minimum absolute atomic E-state index is 0.0959. The Kier molecular flexibility index (Phi) is 4.62. The van der Waals surface area contributed by atoms with Gasteiger partial charge < -0.3 is 14.7 Å². The molecular formula is C25H21F2N3O4. The summed E-state index contributed by atoms with van der Waals surface area (Å²) in [6, 6.07) is 12.2. The fraction of sp³-hybridized carbons (Fsp3) is 0.280. The fourth-order valence-electron chi connectivity index (χ4n) is 5.00. The summed E-state index contributed by atoms with van der Waals surface area (Å²) >= 11 is 0. The molecule has 7 nitrogen and oxygen atoms in total. The summed E-state index contributed by atoms with van der Waals surface area (Å²) < 4.78 is 36.7. The number of hydrogen-bond donors (Lipinski definition) is 1. The molecule has 0 spiro atoms. The van der Waals surface area contributed by atoms with E-state index in [1.165, 1.54) is 23.0 Å². The summed E-state index contributed by atoms with van der Waals surface area (Å²) in [7, 11) is 0. The second-order valence-electron chi connectivity index (χ2n) is 8.99. The molecule has 1 aliphatic carbocycles. The Morgan fingerprint density at radius 2 is 1.79 bits per heavy atom. The van der Waals surface area contributed by atoms with Crippen LogP contribution in [0.3, 0.4) is 0 Å². The van der Waals surface area contributed by atoms with Crippen LogP contribution in [0.5, 0.6) is 11.5 Å². The highest BCUT2D eigenvalue weighted by Crippen LogP contribution is 2.44. The van der Waals surface area contributed by atoms with Crippen LogP contribution in [0.2, 0.25) is 0 Å². The lowest BCUT2D eigenvalue weighted by Gasteiger charge is -2.44. The number of aromatic hydroxyl groups is 1. The zero-order chi connectivity index (χ0) is 23.6. The standard InChI is InChI=1S/C25H21F2N3O4/c26-18-7-6-17-21(14-4-2-1-3-5-14)30-13-28(11-15-10-16(15)12-34-24(17)20(18)27)25(33)22-23(32)19(31)8-9-29(22)30/h1-9,15-16,21,32H,10-13H2/t15?,16-,21-/m0/s1. The van der Waals surface area contributed by atoms with Crippen molar-refractivity contribution in [2.24, 2.45) is 11.8 Å². The number of carbonyl (C=O) groups excluding carboxylic acids is 1. The smallest absolute Gasteiger partial charge is 0.277 e. The summed E-state index contributed by atoms with van der Waals surface area (Å²) in [5.41, 5.74) is 0.299. The molecule has 9 heteroatoms. The van der Waals surface area contributed by atoms with Gasteiger partial charge in [-0.3, -0.25) is 19.3 Å². The van der Waals surface area contributed by atoms with Crippen LogP contribution in [0.4, 0.5) is 8.78 Å². The summed E-state index contributed by atoms with van der Waals surface area (Å²) in [6.45, 7) is 0.730. The first-order valence-corrected chi connectivity index (χ1v) is 11.1. The van der Waals surface area contributed by atoms with E-state index in [9.17, 15) is 19.1 Å². The molecule has 34 heavy (non-hydrogen) atoms. The Hall–Kier alpha value is -3.88. The Labute approximate surface area is 193 Å². The molecule has 0 radical (unpaired) electrons. The molecule has 3 aromatic rings. The first-order chi connectivity index (χ1) is 16.4. The van der Waals surface area contributed by atoms with Crippen molar-refractivity contribution in [3.8, 4) is 11.5 Å². The number of halogens is 2. The summed E-state index contributed by atoms with van der Waals surface area (Å²) in [5, 5.41) is 12.3. The van der Waals surface area contributed by atoms with Crippen molar-refractivity contribution >= 4 is 5.91 Å². The van der Waals surface area contributed by atoms with E-state index in [1.54, 1.807) is 9.91 Å². The van der Waals surface area contributed by atoms with Crippen LogP contribution in [0.1, 0.15) is 34.1 Å². The van der Waals surface area contributed by atoms with Crippen molar-refractivity contribution in [1.82, 2.24) is 9.58 Å². The minimum atomic E-state index is -1.07. The van der Waals surface area contributed by atoms with Gasteiger partial charge in [-0.25, -0.2) is 4.39 Å². The average Bonchev–Trinajstić information content (AvgIpc) is 3.58. The van der Waals surface area contributed by atoms with Crippen molar-refractivity contribution in [3.05, 3.63) is 93.4 Å². The molecule has 3 aliphatic rings. The quantitative estimate of drug-likeness (QED) is 0.598. The average molecular weight is 465 g/mol. The number of carbonyl (C=O) groups is 1. The van der Waals surface area contributed by atoms with Crippen molar-refractivity contribution in [1.29, 1.82) is 0 Å². The normalized spacial score (nSPS) is 23.2. The van der Waals surface area contributed by atoms with E-state index in [0.29, 0.717) is 12.1 Å². The molecule has 1 aromatic heterocycles. The van der Waals surface area contributed by atoms with Gasteiger partial charge in [0.05, 0.1) is 6.61 Å². The highest BCUT2D eigenvalue weighted by molar-refractivity contribution is 5.96. The lowest BCUT2D eigenvalue weighted by atomic mass is 9.96. The number of ether oxygens (including phenoxy) is 1. The number of aromatic nitrogens is 1. The highest BCUT2D eigenvalue weighted by atomic mass is 19.2. The predicted octanol–water partition coefficient (Wildman–Crippen LogP) is 3.00. The molecule has 3 atom stereocenters. The van der Waals surface area contributed by atoms with Gasteiger partial charge in [0, 0.05) is 24.4 Å². The third kappa shape index (κ3) is 3.14. The van der Waals surface area contributed by atoms with Crippen molar-refractivity contribution in [3.63, 3.8) is 0 Å². The number of benzene rings is 2. The van der Waals surface area contributed by atoms with E-state index in [4.69, 9.17) is 4.74 Å². The topological polar surface area (TPSA) is 75.0 Å². The number of nitrogens with zero attached hydrogens (tertiary/aromatic N) is 3. The number of amides is 1. The molecule has 2 aliphatic heterocycles. The molecule has 2 bridgehead atoms. The van der Waals surface area contributed by atoms with Gasteiger partial charge in [-0.1, -0.05) is 30.3 Å². The monoisotopic (exact) mass is 465 g/mol. The second-order valence-corrected chi connectivity index (χ2v) is 8.99. The molecule has 1 N–H and O–H groups in total. The van der Waals surface area contributed by atoms with Crippen LogP contribution in [0.25, 0.3) is 0 Å². The summed E-state index contributed by atoms with van der Waals surface area (Å²) in [5.74, 6) is -3.11. The van der Waals surface area contributed by atoms with E-state index >= 15 is 4.39 Å². The molecule has 1 saturated carbocycles. The zero-order valence-corrected chi connectivity index (χ0v) is 18.0. The molecule has 1 amide bonds. The van der Waals surface area contributed by atoms with E-state index in [0.717, 1.165) is 18.1 Å². The maximum Gasteiger partial charge on any atom is 0.277 e. The van der Waals surface area contributed by atoms with Crippen LogP contribution in [0, 0.1) is 23.5 Å². The van der Waals surface area contributed by atoms with Crippen LogP contribution >= 0.6 is 0 Å². The molecule has 174 valence electrons. The molecule has 3 heterocycles. The minimum Gasteiger partial charge on any atom is -0.502 e. The largest absolute Gasteiger partial charge is 0.502 e. The van der Waals surface area contributed by atoms with Crippen LogP contribution < -0.4 is 15.2 Å². The maximum absolute atomic E-state index is 15.1. The molecular weight excluding hydrogens is 444 g/mol. The van der Waals surface area contributed by atoms with Crippen molar-refractivity contribution < 1.29 is 23.4 Å². The predicted molar refractivity (Wildman–Crippen MR) is 118 cm³/mol. The van der Waals surface area contributed by atoms with Gasteiger partial charge in [0.15, 0.2) is 23.0 Å². The number of pyridine rings is 1. The van der Waals surface area contributed by atoms with Gasteiger partial charge in [-0.2, -0.15) is 4.39 Å². The Bertz CT molecular complexity index is 1360. The van der Waals surface area contributed by atoms with Gasteiger partial charge in [0.1, 0.15) is 12.7 Å². The van der Waals surface area contributed by atoms with E-state index in [-0.39, 0.29) is 36.6 Å². The van der Waals surface area contributed by atoms with Gasteiger partial charge >= 0.3 is 0 Å². The molecule has 0 saturated heterocycles. The Balaban J connectivity index is 1.64. The van der Waals surface area contributed by atoms with E-state index < -0.39 is 34.8 Å². The van der Waals surface area contributed by atoms with E-state index in [1.807, 2.05) is 30.3 Å². The molecule has 6 rings (SSSR count). The maximum atomic E-state index is 15.1. The van der Waals surface area contributed by atoms with Gasteiger partial charge in [-0.05, 0) is 36.0 Å². The first-order valence-electron chi connectivity index (χ1n) is 11.1. The number of hydrogen-bond acceptors (Lipinski definition) is 5. The molecule has 1 fully saturated rings. The third-order valence-electron chi connectivity index (χ3n) is 6.89. The van der Waals surface area contributed by atoms with Gasteiger partial charge in [-0.15, -0.1) is 0 Å². The Morgan fingerprint density at radius 1 is 1.00 bits per heavy atom. The molecule has 1 unspecified atom stereocenters. The van der Waals surface area contributed by atoms with Crippen LogP contribution in [0.15, 0.2) is 59.5 Å². The third-order valence-corrected chi connectivity index (χ3v) is 6.89. The fourth-order valence-corrected chi connectivity index (χ4v) is 5.00. The lowest BCUT2D eigenvalue weighted by molar-refractivity contribution is 0.0667. The van der Waals surface area contributed by atoms with Crippen LogP contribution in [-0.2, 0) is 0 Å². The number of rotatable bonds is 1. The summed E-state index contributed by atoms with van der Waals surface area (Å²) in [6.07, 6.45) is 2.20. The highest BCUT2D eigenvalue weighted by Gasteiger charge is 2.45. The van der Waals surface area contributed by atoms with E-state index in [2.05, 4.69) is 0 Å². The van der Waals surface area contributed by atoms with Crippen LogP contribution in [-0.4, -0.2) is 40.4 Å². The van der Waals surface area contributed by atoms with Crippen molar-refractivity contribution in [2.45, 2.75) is 12.5 Å². The number of fused-ring (bicyclic) bond motifs is 6. The first kappa shape index (κ1) is 20.7. The Morgan fingerprint density at radius 3 is 2.59 bits per heavy atom. The second kappa shape index (κ2) is 7.58. The summed E-state index contributed by atoms with van der Waals surface area (Å²) in [4.78, 5) is 27.2. The zero-order valence-electron chi connectivity index (χ0n) is 18.0. The van der Waals surface area contributed by atoms with Gasteiger partial charge in [0.25, 0.3) is 5.91 Å². The van der Waals surface area contributed by atoms with Crippen molar-refractivity contribution in [2.75, 3.05) is 24.8 Å².